The molecule has 0 spiro atoms. The number of carbonyl (C=O) groups is 3. The van der Waals surface area contributed by atoms with Crippen molar-refractivity contribution < 1.29 is 28.7 Å². The predicted octanol–water partition coefficient (Wildman–Crippen LogP) is 6.37. The maximum atomic E-state index is 12.7. The summed E-state index contributed by atoms with van der Waals surface area (Å²) in [5.41, 5.74) is 7.21. The van der Waals surface area contributed by atoms with E-state index in [0.717, 1.165) is 58.2 Å². The van der Waals surface area contributed by atoms with E-state index in [1.165, 1.54) is 5.06 Å². The van der Waals surface area contributed by atoms with Gasteiger partial charge in [-0.3, -0.25) is 9.59 Å². The van der Waals surface area contributed by atoms with Crippen molar-refractivity contribution in [2.75, 3.05) is 6.61 Å². The first-order valence-electron chi connectivity index (χ1n) is 15.2. The highest BCUT2D eigenvalue weighted by Gasteiger charge is 2.37. The molecule has 1 aliphatic heterocycles. The van der Waals surface area contributed by atoms with Crippen molar-refractivity contribution in [2.24, 2.45) is 5.92 Å². The van der Waals surface area contributed by atoms with Crippen molar-refractivity contribution in [3.63, 3.8) is 0 Å². The number of carbonyl (C=O) groups excluding carboxylic acids is 3. The average molecular weight is 597 g/mol. The van der Waals surface area contributed by atoms with E-state index in [1.807, 2.05) is 76.2 Å². The molecule has 1 N–H and O–H groups in total. The molecular formula is C36H40N2O6. The summed E-state index contributed by atoms with van der Waals surface area (Å²) in [5.74, 6) is 0.259. The normalized spacial score (nSPS) is 16.5. The van der Waals surface area contributed by atoms with E-state index < -0.39 is 5.92 Å². The molecule has 0 aromatic heterocycles. The Morgan fingerprint density at radius 3 is 2.41 bits per heavy atom. The highest BCUT2D eigenvalue weighted by molar-refractivity contribution is 5.89. The second-order valence-corrected chi connectivity index (χ2v) is 11.8. The van der Waals surface area contributed by atoms with Crippen molar-refractivity contribution in [1.29, 1.82) is 0 Å². The number of nitrogens with zero attached hydrogens (tertiary/aromatic N) is 1. The van der Waals surface area contributed by atoms with Gasteiger partial charge in [0.1, 0.15) is 18.1 Å². The van der Waals surface area contributed by atoms with Crippen LogP contribution >= 0.6 is 0 Å². The molecule has 1 unspecified atom stereocenters. The van der Waals surface area contributed by atoms with Gasteiger partial charge in [0.25, 0.3) is 11.8 Å². The van der Waals surface area contributed by atoms with Crippen molar-refractivity contribution in [2.45, 2.75) is 72.6 Å². The lowest BCUT2D eigenvalue weighted by Gasteiger charge is -2.30. The van der Waals surface area contributed by atoms with Gasteiger partial charge >= 0.3 is 5.97 Å². The zero-order valence-corrected chi connectivity index (χ0v) is 25.9. The van der Waals surface area contributed by atoms with E-state index in [0.29, 0.717) is 18.1 Å². The van der Waals surface area contributed by atoms with E-state index in [4.69, 9.17) is 14.3 Å². The maximum absolute atomic E-state index is 12.7. The molecule has 5 rings (SSSR count). The zero-order chi connectivity index (χ0) is 31.2. The van der Waals surface area contributed by atoms with Gasteiger partial charge in [0.2, 0.25) is 0 Å². The van der Waals surface area contributed by atoms with Crippen molar-refractivity contribution in [1.82, 2.24) is 10.4 Å². The van der Waals surface area contributed by atoms with Crippen LogP contribution in [-0.4, -0.2) is 35.5 Å². The summed E-state index contributed by atoms with van der Waals surface area (Å²) in [6.07, 6.45) is 5.09. The first-order valence-corrected chi connectivity index (χ1v) is 15.2. The standard InChI is InChI=1S/C36H40N2O6/c1-23(2)37-33(39)22-43-31-16-24(3)35(25(4)17-31)29-11-7-8-27(18-29)21-42-30-14-12-26(13-15-30)20-38-34(40)19-32(36(41)44-38)28-9-5-6-10-28/h7-9,11-18,23,32H,5-6,10,19-22H2,1-4H3,(H,37,39). The van der Waals surface area contributed by atoms with Crippen molar-refractivity contribution in [3.05, 3.63) is 94.6 Å². The monoisotopic (exact) mass is 596 g/mol. The lowest BCUT2D eigenvalue weighted by atomic mass is 9.94. The molecule has 1 aliphatic carbocycles. The number of ether oxygens (including phenoxy) is 2. The lowest BCUT2D eigenvalue weighted by Crippen LogP contribution is -2.43. The van der Waals surface area contributed by atoms with E-state index in [9.17, 15) is 14.4 Å². The Morgan fingerprint density at radius 1 is 0.977 bits per heavy atom. The number of allylic oxidation sites excluding steroid dienone is 1. The summed E-state index contributed by atoms with van der Waals surface area (Å²) in [6, 6.07) is 19.7. The van der Waals surface area contributed by atoms with Crippen molar-refractivity contribution >= 4 is 17.8 Å². The molecule has 0 bridgehead atoms. The fraction of sp³-hybridized carbons (Fsp3) is 0.361. The predicted molar refractivity (Wildman–Crippen MR) is 168 cm³/mol. The Bertz CT molecular complexity index is 1540. The molecule has 1 heterocycles. The van der Waals surface area contributed by atoms with Crippen LogP contribution in [0.5, 0.6) is 11.5 Å². The van der Waals surface area contributed by atoms with Crippen LogP contribution in [0, 0.1) is 19.8 Å². The summed E-state index contributed by atoms with van der Waals surface area (Å²) in [4.78, 5) is 42.6. The highest BCUT2D eigenvalue weighted by atomic mass is 16.7. The van der Waals surface area contributed by atoms with Crippen LogP contribution in [0.1, 0.15) is 61.8 Å². The van der Waals surface area contributed by atoms with E-state index in [1.54, 1.807) is 0 Å². The molecule has 44 heavy (non-hydrogen) atoms. The number of aryl methyl sites for hydroxylation is 2. The van der Waals surface area contributed by atoms with Crippen LogP contribution in [0.25, 0.3) is 11.1 Å². The van der Waals surface area contributed by atoms with Crippen LogP contribution in [0.4, 0.5) is 0 Å². The van der Waals surface area contributed by atoms with Gasteiger partial charge in [-0.1, -0.05) is 42.0 Å². The summed E-state index contributed by atoms with van der Waals surface area (Å²) < 4.78 is 11.8. The van der Waals surface area contributed by atoms with Gasteiger partial charge < -0.3 is 19.6 Å². The third-order valence-corrected chi connectivity index (χ3v) is 7.86. The number of amides is 2. The quantitative estimate of drug-likeness (QED) is 0.259. The molecule has 1 atom stereocenters. The lowest BCUT2D eigenvalue weighted by molar-refractivity contribution is -0.213. The number of rotatable bonds is 11. The third kappa shape index (κ3) is 7.67. The molecule has 1 fully saturated rings. The summed E-state index contributed by atoms with van der Waals surface area (Å²) >= 11 is 0. The minimum atomic E-state index is -0.439. The SMILES string of the molecule is Cc1cc(OCC(=O)NC(C)C)cc(C)c1-c1cccc(COc2ccc(CN3OC(=O)C(C4=CCCC4)CC3=O)cc2)c1. The number of hydrogen-bond acceptors (Lipinski definition) is 6. The molecule has 1 saturated heterocycles. The van der Waals surface area contributed by atoms with Crippen LogP contribution in [-0.2, 0) is 32.4 Å². The molecule has 0 saturated carbocycles. The molecule has 230 valence electrons. The van der Waals surface area contributed by atoms with Crippen LogP contribution < -0.4 is 14.8 Å². The minimum Gasteiger partial charge on any atom is -0.489 e. The largest absolute Gasteiger partial charge is 0.489 e. The molecule has 8 heteroatoms. The highest BCUT2D eigenvalue weighted by Crippen LogP contribution is 2.33. The average Bonchev–Trinajstić information content (AvgIpc) is 3.52. The Hall–Kier alpha value is -4.59. The molecule has 8 nitrogen and oxygen atoms in total. The minimum absolute atomic E-state index is 0.0208. The second-order valence-electron chi connectivity index (χ2n) is 11.8. The maximum Gasteiger partial charge on any atom is 0.340 e. The first kappa shape index (κ1) is 30.9. The summed E-state index contributed by atoms with van der Waals surface area (Å²) in [6.45, 7) is 8.48. The van der Waals surface area contributed by atoms with E-state index in [2.05, 4.69) is 23.5 Å². The van der Waals surface area contributed by atoms with Gasteiger partial charge in [0.15, 0.2) is 6.61 Å². The molecule has 0 radical (unpaired) electrons. The summed E-state index contributed by atoms with van der Waals surface area (Å²) in [7, 11) is 0. The topological polar surface area (TPSA) is 94.2 Å². The second kappa shape index (κ2) is 13.8. The van der Waals surface area contributed by atoms with Gasteiger partial charge in [-0.15, -0.1) is 0 Å². The first-order chi connectivity index (χ1) is 21.2. The van der Waals surface area contributed by atoms with Gasteiger partial charge in [-0.05, 0) is 111 Å². The third-order valence-electron chi connectivity index (χ3n) is 7.86. The number of nitrogens with one attached hydrogen (secondary N) is 1. The number of hydrogen-bond donors (Lipinski definition) is 1. The van der Waals surface area contributed by atoms with Gasteiger partial charge in [-0.2, -0.15) is 5.06 Å². The molecular weight excluding hydrogens is 556 g/mol. The Balaban J connectivity index is 1.16. The van der Waals surface area contributed by atoms with Crippen LogP contribution in [0.15, 0.2) is 72.3 Å². The Labute approximate surface area is 259 Å². The molecule has 2 aliphatic rings. The van der Waals surface area contributed by atoms with Crippen molar-refractivity contribution in [3.8, 4) is 22.6 Å². The van der Waals surface area contributed by atoms with Gasteiger partial charge in [0.05, 0.1) is 12.5 Å². The Kier molecular flexibility index (Phi) is 9.68. The fourth-order valence-corrected chi connectivity index (χ4v) is 5.81. The van der Waals surface area contributed by atoms with E-state index >= 15 is 0 Å². The van der Waals surface area contributed by atoms with Crippen LogP contribution in [0.2, 0.25) is 0 Å². The Morgan fingerprint density at radius 2 is 1.73 bits per heavy atom. The van der Waals surface area contributed by atoms with Crippen LogP contribution in [0.3, 0.4) is 0 Å². The molecule has 3 aromatic carbocycles. The molecule has 2 amide bonds. The fourth-order valence-electron chi connectivity index (χ4n) is 5.81. The number of benzene rings is 3. The summed E-state index contributed by atoms with van der Waals surface area (Å²) in [5, 5.41) is 4.00. The number of hydroxylamine groups is 2. The molecule has 3 aromatic rings. The van der Waals surface area contributed by atoms with Gasteiger partial charge in [0, 0.05) is 12.5 Å². The zero-order valence-electron chi connectivity index (χ0n) is 25.9. The van der Waals surface area contributed by atoms with E-state index in [-0.39, 0.29) is 43.4 Å². The van der Waals surface area contributed by atoms with Gasteiger partial charge in [-0.25, -0.2) is 4.79 Å². The smallest absolute Gasteiger partial charge is 0.340 e.